The summed E-state index contributed by atoms with van der Waals surface area (Å²) in [5.74, 6) is -4.61. The molecule has 0 atom stereocenters. The molecule has 0 aliphatic carbocycles. The van der Waals surface area contributed by atoms with Gasteiger partial charge >= 0.3 is 0 Å². The van der Waals surface area contributed by atoms with E-state index >= 15 is 0 Å². The van der Waals surface area contributed by atoms with Gasteiger partial charge in [-0.1, -0.05) is 0 Å². The third-order valence-electron chi connectivity index (χ3n) is 1.74. The van der Waals surface area contributed by atoms with Gasteiger partial charge in [0.15, 0.2) is 11.5 Å². The molecule has 0 N–H and O–H groups in total. The van der Waals surface area contributed by atoms with Crippen LogP contribution in [0.3, 0.4) is 0 Å². The van der Waals surface area contributed by atoms with Gasteiger partial charge in [-0.15, -0.1) is 0 Å². The molecule has 0 saturated carbocycles. The third kappa shape index (κ3) is 4.01. The van der Waals surface area contributed by atoms with E-state index in [0.29, 0.717) is 0 Å². The van der Waals surface area contributed by atoms with Gasteiger partial charge in [0.1, 0.15) is 13.2 Å². The molecule has 0 amide bonds. The zero-order valence-corrected chi connectivity index (χ0v) is 8.81. The molecule has 0 radical (unpaired) electrons. The SMILES string of the molecule is Fc1c(OCC(F)F)ccc(OCC(F)F)c1F. The molecule has 0 bridgehead atoms. The van der Waals surface area contributed by atoms with Gasteiger partial charge in [-0.25, -0.2) is 17.6 Å². The van der Waals surface area contributed by atoms with Gasteiger partial charge in [0.2, 0.25) is 11.6 Å². The molecule has 0 spiro atoms. The molecule has 0 aliphatic heterocycles. The predicted molar refractivity (Wildman–Crippen MR) is 49.4 cm³/mol. The first-order chi connectivity index (χ1) is 8.41. The lowest BCUT2D eigenvalue weighted by Crippen LogP contribution is -2.11. The molecule has 2 nitrogen and oxygen atoms in total. The van der Waals surface area contributed by atoms with E-state index in [-0.39, 0.29) is 0 Å². The number of ether oxygens (including phenoxy) is 2. The summed E-state index contributed by atoms with van der Waals surface area (Å²) in [6.45, 7) is -2.21. The Morgan fingerprint density at radius 1 is 0.778 bits per heavy atom. The van der Waals surface area contributed by atoms with Crippen LogP contribution in [-0.2, 0) is 0 Å². The maximum absolute atomic E-state index is 13.2. The van der Waals surface area contributed by atoms with E-state index in [1.54, 1.807) is 0 Å². The van der Waals surface area contributed by atoms with Crippen molar-refractivity contribution in [3.05, 3.63) is 23.8 Å². The second-order valence-corrected chi connectivity index (χ2v) is 3.09. The van der Waals surface area contributed by atoms with Crippen molar-refractivity contribution in [2.45, 2.75) is 12.9 Å². The van der Waals surface area contributed by atoms with Gasteiger partial charge in [-0.2, -0.15) is 8.78 Å². The molecule has 8 heteroatoms. The lowest BCUT2D eigenvalue weighted by Gasteiger charge is -2.10. The standard InChI is InChI=1S/C10H8F6O2/c11-7(12)3-17-5-1-2-6(10(16)9(5)15)18-4-8(13)14/h1-2,7-8H,3-4H2. The predicted octanol–water partition coefficient (Wildman–Crippen LogP) is 3.25. The Labute approximate surface area is 98.1 Å². The van der Waals surface area contributed by atoms with Gasteiger partial charge in [0.05, 0.1) is 0 Å². The van der Waals surface area contributed by atoms with Crippen molar-refractivity contribution in [1.82, 2.24) is 0 Å². The molecule has 0 saturated heterocycles. The first-order valence-corrected chi connectivity index (χ1v) is 4.71. The first-order valence-electron chi connectivity index (χ1n) is 4.71. The summed E-state index contributed by atoms with van der Waals surface area (Å²) in [7, 11) is 0. The highest BCUT2D eigenvalue weighted by atomic mass is 19.3. The molecule has 0 fully saturated rings. The highest BCUT2D eigenvalue weighted by Crippen LogP contribution is 2.28. The van der Waals surface area contributed by atoms with E-state index in [4.69, 9.17) is 0 Å². The van der Waals surface area contributed by atoms with Crippen LogP contribution in [0.25, 0.3) is 0 Å². The smallest absolute Gasteiger partial charge is 0.272 e. The first kappa shape index (κ1) is 14.5. The number of hydrogen-bond acceptors (Lipinski definition) is 2. The number of rotatable bonds is 6. The summed E-state index contributed by atoms with van der Waals surface area (Å²) in [5.41, 5.74) is 0. The fourth-order valence-corrected chi connectivity index (χ4v) is 1.04. The summed E-state index contributed by atoms with van der Waals surface area (Å²) >= 11 is 0. The summed E-state index contributed by atoms with van der Waals surface area (Å²) in [5, 5.41) is 0. The Morgan fingerprint density at radius 2 is 1.11 bits per heavy atom. The zero-order valence-electron chi connectivity index (χ0n) is 8.81. The van der Waals surface area contributed by atoms with Crippen molar-refractivity contribution < 1.29 is 35.8 Å². The van der Waals surface area contributed by atoms with Crippen LogP contribution in [0.2, 0.25) is 0 Å². The van der Waals surface area contributed by atoms with Gasteiger partial charge in [-0.05, 0) is 12.1 Å². The summed E-state index contributed by atoms with van der Waals surface area (Å²) < 4.78 is 82.2. The largest absolute Gasteiger partial charge is 0.484 e. The highest BCUT2D eigenvalue weighted by molar-refractivity contribution is 5.35. The van der Waals surface area contributed by atoms with Crippen LogP contribution in [-0.4, -0.2) is 26.1 Å². The second kappa shape index (κ2) is 6.36. The minimum absolute atomic E-state index is 0.739. The average molecular weight is 274 g/mol. The lowest BCUT2D eigenvalue weighted by molar-refractivity contribution is 0.0759. The van der Waals surface area contributed by atoms with Gasteiger partial charge < -0.3 is 9.47 Å². The molecule has 0 unspecified atom stereocenters. The van der Waals surface area contributed by atoms with Crippen LogP contribution in [0.15, 0.2) is 12.1 Å². The molecule has 1 aromatic rings. The second-order valence-electron chi connectivity index (χ2n) is 3.09. The Hall–Kier alpha value is -1.60. The Bertz CT molecular complexity index is 359. The Morgan fingerprint density at radius 3 is 1.39 bits per heavy atom. The molecule has 1 aromatic carbocycles. The van der Waals surface area contributed by atoms with Crippen molar-refractivity contribution in [1.29, 1.82) is 0 Å². The van der Waals surface area contributed by atoms with Crippen LogP contribution in [0, 0.1) is 11.6 Å². The number of halogens is 6. The number of hydrogen-bond donors (Lipinski definition) is 0. The molecule has 1 rings (SSSR count). The summed E-state index contributed by atoms with van der Waals surface area (Å²) in [4.78, 5) is 0. The maximum atomic E-state index is 13.2. The topological polar surface area (TPSA) is 18.5 Å². The van der Waals surface area contributed by atoms with Gasteiger partial charge in [0, 0.05) is 0 Å². The van der Waals surface area contributed by atoms with E-state index in [1.165, 1.54) is 0 Å². The van der Waals surface area contributed by atoms with Crippen molar-refractivity contribution in [3.8, 4) is 11.5 Å². The van der Waals surface area contributed by atoms with Crippen LogP contribution in [0.4, 0.5) is 26.3 Å². The quantitative estimate of drug-likeness (QED) is 0.741. The molecule has 0 heterocycles. The van der Waals surface area contributed by atoms with E-state index in [1.807, 2.05) is 0 Å². The molecule has 102 valence electrons. The van der Waals surface area contributed by atoms with Crippen molar-refractivity contribution >= 4 is 0 Å². The highest BCUT2D eigenvalue weighted by Gasteiger charge is 2.17. The molecular formula is C10H8F6O2. The lowest BCUT2D eigenvalue weighted by atomic mass is 10.3. The van der Waals surface area contributed by atoms with E-state index in [9.17, 15) is 26.3 Å². The normalized spacial score (nSPS) is 11.1. The van der Waals surface area contributed by atoms with Crippen molar-refractivity contribution in [2.24, 2.45) is 0 Å². The monoisotopic (exact) mass is 274 g/mol. The molecular weight excluding hydrogens is 266 g/mol. The van der Waals surface area contributed by atoms with E-state index in [2.05, 4.69) is 9.47 Å². The van der Waals surface area contributed by atoms with Crippen LogP contribution in [0.5, 0.6) is 11.5 Å². The minimum atomic E-state index is -2.85. The van der Waals surface area contributed by atoms with Crippen LogP contribution >= 0.6 is 0 Å². The molecule has 0 aromatic heterocycles. The van der Waals surface area contributed by atoms with E-state index in [0.717, 1.165) is 12.1 Å². The van der Waals surface area contributed by atoms with Crippen molar-refractivity contribution in [2.75, 3.05) is 13.2 Å². The fraction of sp³-hybridized carbons (Fsp3) is 0.400. The number of alkyl halides is 4. The Balaban J connectivity index is 2.77. The van der Waals surface area contributed by atoms with E-state index < -0.39 is 49.2 Å². The van der Waals surface area contributed by atoms with Crippen LogP contribution < -0.4 is 9.47 Å². The van der Waals surface area contributed by atoms with Crippen LogP contribution in [0.1, 0.15) is 0 Å². The summed E-state index contributed by atoms with van der Waals surface area (Å²) in [6.07, 6.45) is -5.69. The van der Waals surface area contributed by atoms with Gasteiger partial charge in [-0.3, -0.25) is 0 Å². The average Bonchev–Trinajstić information content (AvgIpc) is 2.29. The Kier molecular flexibility index (Phi) is 5.11. The number of benzene rings is 1. The zero-order chi connectivity index (χ0) is 13.7. The summed E-state index contributed by atoms with van der Waals surface area (Å²) in [6, 6.07) is 1.64. The maximum Gasteiger partial charge on any atom is 0.272 e. The third-order valence-corrected chi connectivity index (χ3v) is 1.74. The van der Waals surface area contributed by atoms with Crippen molar-refractivity contribution in [3.63, 3.8) is 0 Å². The molecule has 0 aliphatic rings. The molecule has 18 heavy (non-hydrogen) atoms. The minimum Gasteiger partial charge on any atom is -0.484 e. The van der Waals surface area contributed by atoms with Gasteiger partial charge in [0.25, 0.3) is 12.9 Å². The fourth-order valence-electron chi connectivity index (χ4n) is 1.04.